The fraction of sp³-hybridized carbons (Fsp3) is 0.240. The van der Waals surface area contributed by atoms with Crippen molar-refractivity contribution in [2.75, 3.05) is 36.8 Å². The summed E-state index contributed by atoms with van der Waals surface area (Å²) < 4.78 is 15.1. The summed E-state index contributed by atoms with van der Waals surface area (Å²) in [4.78, 5) is 6.82. The zero-order valence-corrected chi connectivity index (χ0v) is 19.4. The number of nitrogens with two attached hydrogens (primary N) is 1. The molecule has 172 valence electrons. The lowest BCUT2D eigenvalue weighted by atomic mass is 9.93. The second kappa shape index (κ2) is 8.93. The van der Waals surface area contributed by atoms with Gasteiger partial charge in [-0.15, -0.1) is 0 Å². The number of halogens is 2. The van der Waals surface area contributed by atoms with Gasteiger partial charge < -0.3 is 16.0 Å². The predicted molar refractivity (Wildman–Crippen MR) is 133 cm³/mol. The van der Waals surface area contributed by atoms with Crippen molar-refractivity contribution in [1.29, 1.82) is 5.26 Å². The number of rotatable bonds is 4. The molecule has 0 saturated carbocycles. The van der Waals surface area contributed by atoms with Crippen LogP contribution in [0.1, 0.15) is 18.1 Å². The van der Waals surface area contributed by atoms with E-state index in [1.54, 1.807) is 0 Å². The number of nitrogens with one attached hydrogen (secondary N) is 2. The monoisotopic (exact) mass is 475 g/mol. The Labute approximate surface area is 201 Å². The normalized spacial score (nSPS) is 13.9. The molecule has 0 radical (unpaired) electrons. The third-order valence-corrected chi connectivity index (χ3v) is 6.60. The molecule has 0 atom stereocenters. The molecule has 0 unspecified atom stereocenters. The molecule has 0 spiro atoms. The van der Waals surface area contributed by atoms with Crippen LogP contribution in [0.2, 0.25) is 5.02 Å². The van der Waals surface area contributed by atoms with Crippen LogP contribution in [-0.4, -0.2) is 41.4 Å². The highest BCUT2D eigenvalue weighted by Crippen LogP contribution is 2.40. The molecule has 3 heterocycles. The van der Waals surface area contributed by atoms with Crippen LogP contribution < -0.4 is 16.0 Å². The van der Waals surface area contributed by atoms with Crippen molar-refractivity contribution in [1.82, 2.24) is 20.5 Å². The highest BCUT2D eigenvalue weighted by atomic mass is 35.5. The number of aryl methyl sites for hydroxylation is 1. The number of hydrogen-bond donors (Lipinski definition) is 3. The molecule has 1 saturated heterocycles. The van der Waals surface area contributed by atoms with Crippen molar-refractivity contribution in [2.45, 2.75) is 13.3 Å². The van der Waals surface area contributed by atoms with E-state index in [4.69, 9.17) is 17.3 Å². The Morgan fingerprint density at radius 2 is 1.94 bits per heavy atom. The lowest BCUT2D eigenvalue weighted by Gasteiger charge is -2.29. The number of hydrogen-bond acceptors (Lipinski definition) is 6. The van der Waals surface area contributed by atoms with E-state index in [1.807, 2.05) is 31.2 Å². The summed E-state index contributed by atoms with van der Waals surface area (Å²) in [6.07, 6.45) is 0.591. The number of aromatic amines is 1. The van der Waals surface area contributed by atoms with Gasteiger partial charge in [0.1, 0.15) is 17.7 Å². The van der Waals surface area contributed by atoms with E-state index in [0.29, 0.717) is 39.4 Å². The Bertz CT molecular complexity index is 1420. The Kier molecular flexibility index (Phi) is 5.82. The van der Waals surface area contributed by atoms with Gasteiger partial charge in [0.25, 0.3) is 0 Å². The molecular weight excluding hydrogens is 453 g/mol. The van der Waals surface area contributed by atoms with Gasteiger partial charge in [-0.05, 0) is 41.8 Å². The van der Waals surface area contributed by atoms with Crippen LogP contribution in [0, 0.1) is 17.1 Å². The molecule has 0 aliphatic carbocycles. The van der Waals surface area contributed by atoms with Crippen LogP contribution in [0.25, 0.3) is 33.4 Å². The maximum atomic E-state index is 15.1. The van der Waals surface area contributed by atoms with Crippen molar-refractivity contribution in [3.05, 3.63) is 58.4 Å². The van der Waals surface area contributed by atoms with E-state index >= 15 is 4.39 Å². The molecule has 0 bridgehead atoms. The molecule has 2 aromatic heterocycles. The summed E-state index contributed by atoms with van der Waals surface area (Å²) >= 11 is 6.39. The summed E-state index contributed by atoms with van der Waals surface area (Å²) in [7, 11) is 0. The molecule has 5 rings (SSSR count). The fourth-order valence-corrected chi connectivity index (χ4v) is 4.77. The predicted octanol–water partition coefficient (Wildman–Crippen LogP) is 4.51. The molecule has 9 heteroatoms. The van der Waals surface area contributed by atoms with Gasteiger partial charge >= 0.3 is 0 Å². The van der Waals surface area contributed by atoms with Crippen molar-refractivity contribution >= 4 is 34.1 Å². The zero-order valence-electron chi connectivity index (χ0n) is 18.6. The summed E-state index contributed by atoms with van der Waals surface area (Å²) in [6.45, 7) is 5.63. The van der Waals surface area contributed by atoms with Crippen LogP contribution in [0.5, 0.6) is 0 Å². The Hall–Kier alpha value is -3.67. The van der Waals surface area contributed by atoms with Gasteiger partial charge in [-0.1, -0.05) is 30.7 Å². The van der Waals surface area contributed by atoms with Crippen LogP contribution in [0.4, 0.5) is 15.9 Å². The number of fused-ring (bicyclic) bond motifs is 1. The highest BCUT2D eigenvalue weighted by molar-refractivity contribution is 6.31. The zero-order chi connectivity index (χ0) is 23.8. The third-order valence-electron chi connectivity index (χ3n) is 6.25. The van der Waals surface area contributed by atoms with Gasteiger partial charge in [0, 0.05) is 48.0 Å². The molecule has 1 fully saturated rings. The lowest BCUT2D eigenvalue weighted by molar-refractivity contribution is 0.589. The number of nitrogens with zero attached hydrogens (tertiary/aromatic N) is 4. The average Bonchev–Trinajstić information content (AvgIpc) is 3.24. The number of anilines is 2. The van der Waals surface area contributed by atoms with Gasteiger partial charge in [-0.25, -0.2) is 9.37 Å². The van der Waals surface area contributed by atoms with Crippen molar-refractivity contribution in [3.8, 4) is 28.5 Å². The molecule has 2 aromatic carbocycles. The van der Waals surface area contributed by atoms with Gasteiger partial charge in [0.15, 0.2) is 5.65 Å². The van der Waals surface area contributed by atoms with Crippen LogP contribution in [0.15, 0.2) is 36.4 Å². The van der Waals surface area contributed by atoms with E-state index < -0.39 is 5.82 Å². The Morgan fingerprint density at radius 3 is 2.62 bits per heavy atom. The fourth-order valence-electron chi connectivity index (χ4n) is 4.47. The largest absolute Gasteiger partial charge is 0.383 e. The summed E-state index contributed by atoms with van der Waals surface area (Å²) in [5.41, 5.74) is 10.2. The SMILES string of the molecule is CCc1cc(F)c(-c2nc3n[nH]c(N)c3c(-c3ccc(N4CCNCC4)cc3)c2C#N)cc1Cl. The summed E-state index contributed by atoms with van der Waals surface area (Å²) in [5, 5.41) is 21.5. The van der Waals surface area contributed by atoms with Gasteiger partial charge in [0.2, 0.25) is 0 Å². The molecule has 34 heavy (non-hydrogen) atoms. The maximum absolute atomic E-state index is 15.1. The van der Waals surface area contributed by atoms with Gasteiger partial charge in [-0.3, -0.25) is 5.10 Å². The second-order valence-corrected chi connectivity index (χ2v) is 8.63. The Balaban J connectivity index is 1.72. The van der Waals surface area contributed by atoms with Crippen molar-refractivity contribution in [2.24, 2.45) is 0 Å². The van der Waals surface area contributed by atoms with Crippen LogP contribution >= 0.6 is 11.6 Å². The molecular formula is C25H23ClFN7. The molecule has 4 aromatic rings. The Morgan fingerprint density at radius 1 is 1.21 bits per heavy atom. The molecule has 1 aliphatic heterocycles. The van der Waals surface area contributed by atoms with E-state index in [9.17, 15) is 5.26 Å². The molecule has 4 N–H and O–H groups in total. The lowest BCUT2D eigenvalue weighted by Crippen LogP contribution is -2.43. The van der Waals surface area contributed by atoms with Crippen LogP contribution in [0.3, 0.4) is 0 Å². The van der Waals surface area contributed by atoms with Crippen molar-refractivity contribution in [3.63, 3.8) is 0 Å². The van der Waals surface area contributed by atoms with E-state index in [1.165, 1.54) is 12.1 Å². The number of pyridine rings is 1. The number of benzene rings is 2. The average molecular weight is 476 g/mol. The molecule has 0 amide bonds. The summed E-state index contributed by atoms with van der Waals surface area (Å²) in [5.74, 6) is -0.195. The quantitative estimate of drug-likeness (QED) is 0.401. The van der Waals surface area contributed by atoms with E-state index in [0.717, 1.165) is 37.4 Å². The first-order valence-corrected chi connectivity index (χ1v) is 11.5. The topological polar surface area (TPSA) is 107 Å². The van der Waals surface area contributed by atoms with E-state index in [2.05, 4.69) is 31.5 Å². The second-order valence-electron chi connectivity index (χ2n) is 8.22. The van der Waals surface area contributed by atoms with Crippen molar-refractivity contribution < 1.29 is 4.39 Å². The van der Waals surface area contributed by atoms with E-state index in [-0.39, 0.29) is 16.8 Å². The number of H-pyrrole nitrogens is 1. The number of nitrogen functional groups attached to an aromatic ring is 1. The third kappa shape index (κ3) is 3.73. The minimum Gasteiger partial charge on any atom is -0.383 e. The van der Waals surface area contributed by atoms with Gasteiger partial charge in [0.05, 0.1) is 16.6 Å². The minimum atomic E-state index is -0.492. The number of piperazine rings is 1. The number of aromatic nitrogens is 3. The smallest absolute Gasteiger partial charge is 0.184 e. The maximum Gasteiger partial charge on any atom is 0.184 e. The van der Waals surface area contributed by atoms with Crippen LogP contribution in [-0.2, 0) is 6.42 Å². The first kappa shape index (κ1) is 22.1. The first-order chi connectivity index (χ1) is 16.5. The standard InChI is InChI=1S/C25H23ClFN7/c1-2-14-11-20(27)17(12-19(14)26)23-18(13-28)21(22-24(29)32-33-25(22)31-23)15-3-5-16(6-4-15)34-9-7-30-8-10-34/h3-6,11-12,30H,2,7-10H2,1H3,(H3,29,31,32,33). The van der Waals surface area contributed by atoms with Gasteiger partial charge in [-0.2, -0.15) is 10.4 Å². The molecule has 1 aliphatic rings. The molecule has 7 nitrogen and oxygen atoms in total. The number of nitriles is 1. The highest BCUT2D eigenvalue weighted by Gasteiger charge is 2.24. The summed E-state index contributed by atoms with van der Waals surface area (Å²) in [6, 6.07) is 13.1. The minimum absolute atomic E-state index is 0.154. The first-order valence-electron chi connectivity index (χ1n) is 11.1.